The summed E-state index contributed by atoms with van der Waals surface area (Å²) in [5, 5.41) is 3.33. The summed E-state index contributed by atoms with van der Waals surface area (Å²) in [6.45, 7) is 1.71. The van der Waals surface area contributed by atoms with Crippen LogP contribution in [0.3, 0.4) is 0 Å². The first-order chi connectivity index (χ1) is 16.3. The largest absolute Gasteiger partial charge is 0.482 e. The Balaban J connectivity index is 1.50. The van der Waals surface area contributed by atoms with Crippen LogP contribution in [-0.2, 0) is 0 Å². The van der Waals surface area contributed by atoms with Crippen molar-refractivity contribution in [2.45, 2.75) is 51.2 Å². The standard InChI is InChI=1S/C26H26Cl2FN3O2/c1-15(23-20(27)11-12-21(29)24(23)28)34-22-13-18(14-31-25(22)30)16-7-9-17(10-8-16)26(33)32-19-5-3-2-4-6-19/h7-15,19H,2-6H2,1H3,(H2,30,31)(H,32,33). The molecule has 1 aliphatic carbocycles. The van der Waals surface area contributed by atoms with E-state index in [1.807, 2.05) is 12.1 Å². The first-order valence-electron chi connectivity index (χ1n) is 11.3. The molecule has 2 aromatic carbocycles. The number of hydrogen-bond acceptors (Lipinski definition) is 4. The summed E-state index contributed by atoms with van der Waals surface area (Å²) in [6.07, 6.45) is 6.60. The zero-order chi connectivity index (χ0) is 24.2. The molecule has 34 heavy (non-hydrogen) atoms. The number of hydrogen-bond donors (Lipinski definition) is 2. The van der Waals surface area contributed by atoms with Crippen LogP contribution < -0.4 is 15.8 Å². The Morgan fingerprint density at radius 1 is 1.12 bits per heavy atom. The Labute approximate surface area is 208 Å². The number of rotatable bonds is 6. The number of benzene rings is 2. The van der Waals surface area contributed by atoms with Gasteiger partial charge in [-0.2, -0.15) is 0 Å². The lowest BCUT2D eigenvalue weighted by Crippen LogP contribution is -2.36. The fraction of sp³-hybridized carbons (Fsp3) is 0.308. The molecule has 1 unspecified atom stereocenters. The van der Waals surface area contributed by atoms with E-state index >= 15 is 0 Å². The maximum Gasteiger partial charge on any atom is 0.251 e. The Hall–Kier alpha value is -2.83. The van der Waals surface area contributed by atoms with Crippen LogP contribution in [0.5, 0.6) is 5.75 Å². The number of nitrogen functional groups attached to an aromatic ring is 1. The number of amides is 1. The third kappa shape index (κ3) is 5.45. The summed E-state index contributed by atoms with van der Waals surface area (Å²) in [4.78, 5) is 16.8. The van der Waals surface area contributed by atoms with Crippen molar-refractivity contribution in [1.82, 2.24) is 10.3 Å². The van der Waals surface area contributed by atoms with E-state index in [1.165, 1.54) is 18.6 Å². The van der Waals surface area contributed by atoms with Crippen molar-refractivity contribution in [3.63, 3.8) is 0 Å². The molecular formula is C26H26Cl2FN3O2. The highest BCUT2D eigenvalue weighted by atomic mass is 35.5. The van der Waals surface area contributed by atoms with Gasteiger partial charge in [-0.1, -0.05) is 54.6 Å². The first-order valence-corrected chi connectivity index (χ1v) is 12.1. The van der Waals surface area contributed by atoms with Crippen LogP contribution in [0, 0.1) is 5.82 Å². The number of nitrogens with two attached hydrogens (primary N) is 1. The number of nitrogens with zero attached hydrogens (tertiary/aromatic N) is 1. The maximum atomic E-state index is 13.9. The molecule has 1 fully saturated rings. The number of halogens is 3. The molecule has 178 valence electrons. The fourth-order valence-corrected chi connectivity index (χ4v) is 4.88. The number of pyridine rings is 1. The zero-order valence-electron chi connectivity index (χ0n) is 18.8. The van der Waals surface area contributed by atoms with E-state index in [2.05, 4.69) is 10.3 Å². The van der Waals surface area contributed by atoms with Gasteiger partial charge in [-0.25, -0.2) is 9.37 Å². The zero-order valence-corrected chi connectivity index (χ0v) is 20.3. The summed E-state index contributed by atoms with van der Waals surface area (Å²) in [5.74, 6) is -0.136. The second-order valence-corrected chi connectivity index (χ2v) is 9.30. The third-order valence-electron chi connectivity index (χ3n) is 6.09. The molecule has 0 radical (unpaired) electrons. The first kappa shape index (κ1) is 24.3. The van der Waals surface area contributed by atoms with Crippen LogP contribution in [0.15, 0.2) is 48.7 Å². The molecule has 0 spiro atoms. The topological polar surface area (TPSA) is 77.2 Å². The minimum atomic E-state index is -0.666. The van der Waals surface area contributed by atoms with E-state index in [9.17, 15) is 9.18 Å². The molecule has 0 aliphatic heterocycles. The van der Waals surface area contributed by atoms with Crippen LogP contribution in [0.1, 0.15) is 61.1 Å². The van der Waals surface area contributed by atoms with Gasteiger partial charge in [0.2, 0.25) is 0 Å². The Kier molecular flexibility index (Phi) is 7.59. The number of carbonyl (C=O) groups excluding carboxylic acids is 1. The Bertz CT molecular complexity index is 1180. The molecule has 1 aromatic heterocycles. The van der Waals surface area contributed by atoms with Crippen LogP contribution >= 0.6 is 23.2 Å². The van der Waals surface area contributed by atoms with E-state index in [0.29, 0.717) is 21.9 Å². The highest BCUT2D eigenvalue weighted by Gasteiger charge is 2.20. The number of aromatic nitrogens is 1. The van der Waals surface area contributed by atoms with Crippen molar-refractivity contribution in [3.8, 4) is 16.9 Å². The molecule has 8 heteroatoms. The van der Waals surface area contributed by atoms with Gasteiger partial charge in [0.05, 0.1) is 5.02 Å². The van der Waals surface area contributed by atoms with Gasteiger partial charge in [0.15, 0.2) is 11.6 Å². The molecule has 1 amide bonds. The monoisotopic (exact) mass is 501 g/mol. The average molecular weight is 502 g/mol. The molecule has 1 atom stereocenters. The van der Waals surface area contributed by atoms with E-state index in [4.69, 9.17) is 33.7 Å². The Morgan fingerprint density at radius 2 is 1.82 bits per heavy atom. The number of nitrogens with one attached hydrogen (secondary N) is 1. The van der Waals surface area contributed by atoms with Gasteiger partial charge >= 0.3 is 0 Å². The molecule has 3 aromatic rings. The summed E-state index contributed by atoms with van der Waals surface area (Å²) in [7, 11) is 0. The SMILES string of the molecule is CC(Oc1cc(-c2ccc(C(=O)NC3CCCCC3)cc2)cnc1N)c1c(Cl)ccc(F)c1Cl. The van der Waals surface area contributed by atoms with Crippen molar-refractivity contribution in [2.24, 2.45) is 0 Å². The van der Waals surface area contributed by atoms with Gasteiger partial charge < -0.3 is 15.8 Å². The second kappa shape index (κ2) is 10.6. The lowest BCUT2D eigenvalue weighted by atomic mass is 9.95. The van der Waals surface area contributed by atoms with E-state index in [0.717, 1.165) is 36.8 Å². The van der Waals surface area contributed by atoms with Crippen LogP contribution in [0.25, 0.3) is 11.1 Å². The molecule has 0 bridgehead atoms. The third-order valence-corrected chi connectivity index (χ3v) is 6.81. The fourth-order valence-electron chi connectivity index (χ4n) is 4.20. The van der Waals surface area contributed by atoms with Crippen molar-refractivity contribution in [3.05, 3.63) is 75.7 Å². The van der Waals surface area contributed by atoms with Gasteiger partial charge in [0, 0.05) is 34.0 Å². The molecule has 5 nitrogen and oxygen atoms in total. The lowest BCUT2D eigenvalue weighted by Gasteiger charge is -2.22. The minimum Gasteiger partial charge on any atom is -0.482 e. The van der Waals surface area contributed by atoms with Gasteiger partial charge in [-0.15, -0.1) is 0 Å². The van der Waals surface area contributed by atoms with E-state index < -0.39 is 11.9 Å². The predicted molar refractivity (Wildman–Crippen MR) is 134 cm³/mol. The van der Waals surface area contributed by atoms with Crippen LogP contribution in [0.2, 0.25) is 10.0 Å². The molecule has 1 heterocycles. The highest BCUT2D eigenvalue weighted by molar-refractivity contribution is 6.36. The lowest BCUT2D eigenvalue weighted by molar-refractivity contribution is 0.0927. The van der Waals surface area contributed by atoms with Gasteiger partial charge in [0.25, 0.3) is 5.91 Å². The number of ether oxygens (including phenoxy) is 1. The maximum absolute atomic E-state index is 13.9. The second-order valence-electron chi connectivity index (χ2n) is 8.51. The van der Waals surface area contributed by atoms with E-state index in [1.54, 1.807) is 31.3 Å². The van der Waals surface area contributed by atoms with Gasteiger partial charge in [-0.3, -0.25) is 4.79 Å². The van der Waals surface area contributed by atoms with E-state index in [-0.39, 0.29) is 22.8 Å². The van der Waals surface area contributed by atoms with Crippen LogP contribution in [-0.4, -0.2) is 16.9 Å². The van der Waals surface area contributed by atoms with Crippen molar-refractivity contribution in [1.29, 1.82) is 0 Å². The summed E-state index contributed by atoms with van der Waals surface area (Å²) < 4.78 is 19.9. The molecule has 3 N–H and O–H groups in total. The number of anilines is 1. The quantitative estimate of drug-likeness (QED) is 0.357. The smallest absolute Gasteiger partial charge is 0.251 e. The molecule has 1 saturated carbocycles. The average Bonchev–Trinajstić information content (AvgIpc) is 2.84. The van der Waals surface area contributed by atoms with Crippen LogP contribution in [0.4, 0.5) is 10.2 Å². The minimum absolute atomic E-state index is 0.0596. The van der Waals surface area contributed by atoms with Crippen molar-refractivity contribution < 1.29 is 13.9 Å². The number of carbonyl (C=O) groups is 1. The predicted octanol–water partition coefficient (Wildman–Crippen LogP) is 6.98. The molecule has 0 saturated heterocycles. The van der Waals surface area contributed by atoms with Gasteiger partial charge in [0.1, 0.15) is 11.9 Å². The Morgan fingerprint density at radius 3 is 2.53 bits per heavy atom. The summed E-state index contributed by atoms with van der Waals surface area (Å²) in [6, 6.07) is 11.9. The molecule has 1 aliphatic rings. The van der Waals surface area contributed by atoms with Crippen molar-refractivity contribution >= 4 is 34.9 Å². The van der Waals surface area contributed by atoms with Crippen molar-refractivity contribution in [2.75, 3.05) is 5.73 Å². The normalized spacial score (nSPS) is 15.1. The van der Waals surface area contributed by atoms with Gasteiger partial charge in [-0.05, 0) is 55.7 Å². The summed E-state index contributed by atoms with van der Waals surface area (Å²) in [5.41, 5.74) is 8.57. The summed E-state index contributed by atoms with van der Waals surface area (Å²) >= 11 is 12.3. The highest BCUT2D eigenvalue weighted by Crippen LogP contribution is 2.37. The molecule has 4 rings (SSSR count). The molecular weight excluding hydrogens is 476 g/mol.